The smallest absolute Gasteiger partial charge is 0.243 e. The normalized spacial score (nSPS) is 20.8. The average Bonchev–Trinajstić information content (AvgIpc) is 2.76. The summed E-state index contributed by atoms with van der Waals surface area (Å²) in [5.74, 6) is 1.94. The molecule has 1 aromatic carbocycles. The van der Waals surface area contributed by atoms with Crippen LogP contribution in [0.4, 0.5) is 5.69 Å². The second-order valence-corrected chi connectivity index (χ2v) is 8.38. The van der Waals surface area contributed by atoms with Crippen LogP contribution in [0.25, 0.3) is 0 Å². The molecular weight excluding hydrogens is 292 g/mol. The molecule has 0 amide bonds. The van der Waals surface area contributed by atoms with Crippen LogP contribution in [-0.4, -0.2) is 43.9 Å². The summed E-state index contributed by atoms with van der Waals surface area (Å²) >= 11 is 1.84. The van der Waals surface area contributed by atoms with Gasteiger partial charge in [0.2, 0.25) is 10.0 Å². The summed E-state index contributed by atoms with van der Waals surface area (Å²) in [6, 6.07) is 5.53. The number of hydrogen-bond acceptors (Lipinski definition) is 4. The minimum absolute atomic E-state index is 0.428. The van der Waals surface area contributed by atoms with Gasteiger partial charge in [-0.15, -0.1) is 0 Å². The summed E-state index contributed by atoms with van der Waals surface area (Å²) in [5.41, 5.74) is 2.21. The SMILES string of the molecule is O=S(=O)(c1ccc2c(c1)NCCC2)N1CCCSCC1. The maximum Gasteiger partial charge on any atom is 0.243 e. The Bertz CT molecular complexity index is 579. The highest BCUT2D eigenvalue weighted by Gasteiger charge is 2.26. The predicted octanol–water partition coefficient (Wildman–Crippen LogP) is 2.17. The fraction of sp³-hybridized carbons (Fsp3) is 0.571. The Labute approximate surface area is 125 Å². The van der Waals surface area contributed by atoms with E-state index in [-0.39, 0.29) is 0 Å². The number of rotatable bonds is 2. The third kappa shape index (κ3) is 2.82. The van der Waals surface area contributed by atoms with E-state index in [0.717, 1.165) is 43.0 Å². The summed E-state index contributed by atoms with van der Waals surface area (Å²) in [6.07, 6.45) is 3.08. The fourth-order valence-corrected chi connectivity index (χ4v) is 5.22. The van der Waals surface area contributed by atoms with Gasteiger partial charge in [0.15, 0.2) is 0 Å². The second kappa shape index (κ2) is 5.95. The maximum absolute atomic E-state index is 12.7. The highest BCUT2D eigenvalue weighted by Crippen LogP contribution is 2.27. The molecule has 0 radical (unpaired) electrons. The van der Waals surface area contributed by atoms with Crippen LogP contribution < -0.4 is 5.32 Å². The highest BCUT2D eigenvalue weighted by molar-refractivity contribution is 7.99. The van der Waals surface area contributed by atoms with Crippen molar-refractivity contribution in [1.29, 1.82) is 0 Å². The topological polar surface area (TPSA) is 49.4 Å². The summed E-state index contributed by atoms with van der Waals surface area (Å²) in [6.45, 7) is 2.19. The van der Waals surface area contributed by atoms with E-state index in [1.807, 2.05) is 23.9 Å². The van der Waals surface area contributed by atoms with Gasteiger partial charge < -0.3 is 5.32 Å². The van der Waals surface area contributed by atoms with Gasteiger partial charge in [0, 0.05) is 31.1 Å². The fourth-order valence-electron chi connectivity index (χ4n) is 2.71. The van der Waals surface area contributed by atoms with Crippen molar-refractivity contribution in [3.63, 3.8) is 0 Å². The Balaban J connectivity index is 1.90. The third-order valence-corrected chi connectivity index (χ3v) is 6.78. The Morgan fingerprint density at radius 2 is 2.05 bits per heavy atom. The van der Waals surface area contributed by atoms with Gasteiger partial charge in [-0.05, 0) is 42.7 Å². The van der Waals surface area contributed by atoms with Crippen molar-refractivity contribution >= 4 is 27.5 Å². The average molecular weight is 312 g/mol. The van der Waals surface area contributed by atoms with Crippen LogP contribution in [0.1, 0.15) is 18.4 Å². The molecule has 2 heterocycles. The summed E-state index contributed by atoms with van der Waals surface area (Å²) in [4.78, 5) is 0.428. The molecule has 1 N–H and O–H groups in total. The molecular formula is C14H20N2O2S2. The lowest BCUT2D eigenvalue weighted by atomic mass is 10.0. The molecule has 0 spiro atoms. The molecule has 110 valence electrons. The van der Waals surface area contributed by atoms with Gasteiger partial charge in [0.05, 0.1) is 4.90 Å². The van der Waals surface area contributed by atoms with Crippen LogP contribution in [0.2, 0.25) is 0 Å². The zero-order chi connectivity index (χ0) is 14.0. The van der Waals surface area contributed by atoms with Crippen LogP contribution in [0.15, 0.2) is 23.1 Å². The van der Waals surface area contributed by atoms with Crippen molar-refractivity contribution < 1.29 is 8.42 Å². The van der Waals surface area contributed by atoms with E-state index in [2.05, 4.69) is 5.32 Å². The lowest BCUT2D eigenvalue weighted by molar-refractivity contribution is 0.435. The van der Waals surface area contributed by atoms with E-state index in [9.17, 15) is 8.42 Å². The minimum Gasteiger partial charge on any atom is -0.385 e. The quantitative estimate of drug-likeness (QED) is 0.909. The van der Waals surface area contributed by atoms with Crippen LogP contribution in [0, 0.1) is 0 Å². The highest BCUT2D eigenvalue weighted by atomic mass is 32.2. The Hall–Kier alpha value is -0.720. The zero-order valence-corrected chi connectivity index (χ0v) is 13.1. The molecule has 1 fully saturated rings. The van der Waals surface area contributed by atoms with Gasteiger partial charge in [-0.2, -0.15) is 16.1 Å². The number of nitrogens with zero attached hydrogens (tertiary/aromatic N) is 1. The predicted molar refractivity (Wildman–Crippen MR) is 84.0 cm³/mol. The van der Waals surface area contributed by atoms with Crippen LogP contribution >= 0.6 is 11.8 Å². The molecule has 0 aliphatic carbocycles. The number of benzene rings is 1. The maximum atomic E-state index is 12.7. The van der Waals surface area contributed by atoms with Gasteiger partial charge in [-0.3, -0.25) is 0 Å². The van der Waals surface area contributed by atoms with E-state index < -0.39 is 10.0 Å². The molecule has 1 saturated heterocycles. The standard InChI is InChI=1S/C14H20N2O2S2/c17-20(18,16-7-2-9-19-10-8-16)13-5-4-12-3-1-6-15-14(12)11-13/h4-5,11,15H,1-3,6-10H2. The van der Waals surface area contributed by atoms with Gasteiger partial charge in [-0.1, -0.05) is 6.07 Å². The number of anilines is 1. The molecule has 0 aromatic heterocycles. The molecule has 0 unspecified atom stereocenters. The van der Waals surface area contributed by atoms with E-state index >= 15 is 0 Å². The number of nitrogens with one attached hydrogen (secondary N) is 1. The third-order valence-electron chi connectivity index (χ3n) is 3.84. The van der Waals surface area contributed by atoms with Crippen molar-refractivity contribution in [2.45, 2.75) is 24.2 Å². The summed E-state index contributed by atoms with van der Waals surface area (Å²) < 4.78 is 27.1. The van der Waals surface area contributed by atoms with Crippen molar-refractivity contribution in [3.05, 3.63) is 23.8 Å². The molecule has 2 aliphatic heterocycles. The van der Waals surface area contributed by atoms with E-state index in [1.54, 1.807) is 10.4 Å². The van der Waals surface area contributed by atoms with Crippen molar-refractivity contribution in [2.24, 2.45) is 0 Å². The second-order valence-electron chi connectivity index (χ2n) is 5.22. The monoisotopic (exact) mass is 312 g/mol. The first-order valence-corrected chi connectivity index (χ1v) is 9.72. The van der Waals surface area contributed by atoms with Crippen LogP contribution in [-0.2, 0) is 16.4 Å². The lowest BCUT2D eigenvalue weighted by Crippen LogP contribution is -2.33. The zero-order valence-electron chi connectivity index (χ0n) is 11.5. The molecule has 0 saturated carbocycles. The number of aryl methyl sites for hydroxylation is 1. The van der Waals surface area contributed by atoms with Crippen LogP contribution in [0.3, 0.4) is 0 Å². The van der Waals surface area contributed by atoms with Gasteiger partial charge in [0.1, 0.15) is 0 Å². The Morgan fingerprint density at radius 1 is 1.15 bits per heavy atom. The molecule has 4 nitrogen and oxygen atoms in total. The van der Waals surface area contributed by atoms with E-state index in [4.69, 9.17) is 0 Å². The molecule has 3 rings (SSSR count). The van der Waals surface area contributed by atoms with Gasteiger partial charge in [-0.25, -0.2) is 8.42 Å². The Morgan fingerprint density at radius 3 is 2.95 bits per heavy atom. The molecule has 0 bridgehead atoms. The van der Waals surface area contributed by atoms with E-state index in [1.165, 1.54) is 5.56 Å². The van der Waals surface area contributed by atoms with Crippen molar-refractivity contribution in [2.75, 3.05) is 36.5 Å². The lowest BCUT2D eigenvalue weighted by Gasteiger charge is -2.22. The number of hydrogen-bond donors (Lipinski definition) is 1. The number of thioether (sulfide) groups is 1. The van der Waals surface area contributed by atoms with Gasteiger partial charge in [0.25, 0.3) is 0 Å². The van der Waals surface area contributed by atoms with Crippen molar-refractivity contribution in [3.8, 4) is 0 Å². The molecule has 2 aliphatic rings. The largest absolute Gasteiger partial charge is 0.385 e. The molecule has 6 heteroatoms. The van der Waals surface area contributed by atoms with Crippen molar-refractivity contribution in [1.82, 2.24) is 4.31 Å². The van der Waals surface area contributed by atoms with Gasteiger partial charge >= 0.3 is 0 Å². The number of sulfonamides is 1. The molecule has 20 heavy (non-hydrogen) atoms. The Kier molecular flexibility index (Phi) is 4.23. The first kappa shape index (κ1) is 14.2. The summed E-state index contributed by atoms with van der Waals surface area (Å²) in [7, 11) is -3.34. The first-order valence-electron chi connectivity index (χ1n) is 7.12. The first-order chi connectivity index (χ1) is 9.68. The molecule has 0 atom stereocenters. The van der Waals surface area contributed by atoms with E-state index in [0.29, 0.717) is 18.0 Å². The van der Waals surface area contributed by atoms with Crippen LogP contribution in [0.5, 0.6) is 0 Å². The summed E-state index contributed by atoms with van der Waals surface area (Å²) in [5, 5.41) is 3.30. The minimum atomic E-state index is -3.34. The molecule has 1 aromatic rings. The number of fused-ring (bicyclic) bond motifs is 1.